The number of nitrogens with zero attached hydrogens (tertiary/aromatic N) is 3. The molecule has 0 radical (unpaired) electrons. The molecule has 0 N–H and O–H groups in total. The van der Waals surface area contributed by atoms with Crippen LogP contribution in [0, 0.1) is 12.3 Å². The quantitative estimate of drug-likeness (QED) is 0.816. The molecule has 2 aromatic rings. The molecular formula is C23H29N3O. The Bertz CT molecular complexity index is 773. The highest BCUT2D eigenvalue weighted by molar-refractivity contribution is 5.77. The molecule has 142 valence electrons. The number of piperidine rings is 1. The van der Waals surface area contributed by atoms with Crippen LogP contribution in [0.4, 0.5) is 0 Å². The molecule has 1 aromatic carbocycles. The van der Waals surface area contributed by atoms with Crippen molar-refractivity contribution >= 4 is 5.91 Å². The van der Waals surface area contributed by atoms with Crippen LogP contribution in [0.1, 0.15) is 36.0 Å². The molecule has 4 nitrogen and oxygen atoms in total. The van der Waals surface area contributed by atoms with Crippen molar-refractivity contribution in [1.82, 2.24) is 14.8 Å². The number of benzene rings is 1. The highest BCUT2D eigenvalue weighted by Crippen LogP contribution is 2.41. The molecular weight excluding hydrogens is 334 g/mol. The monoisotopic (exact) mass is 363 g/mol. The van der Waals surface area contributed by atoms with Gasteiger partial charge in [-0.1, -0.05) is 30.3 Å². The van der Waals surface area contributed by atoms with Crippen molar-refractivity contribution < 1.29 is 4.79 Å². The lowest BCUT2D eigenvalue weighted by molar-refractivity contribution is -0.146. The summed E-state index contributed by atoms with van der Waals surface area (Å²) in [7, 11) is 0. The van der Waals surface area contributed by atoms with E-state index in [1.54, 1.807) is 6.20 Å². The van der Waals surface area contributed by atoms with E-state index in [1.165, 1.54) is 24.0 Å². The first-order chi connectivity index (χ1) is 13.1. The summed E-state index contributed by atoms with van der Waals surface area (Å²) in [5, 5.41) is 0. The summed E-state index contributed by atoms with van der Waals surface area (Å²) in [6, 6.07) is 12.7. The minimum Gasteiger partial charge on any atom is -0.341 e. The Morgan fingerprint density at radius 3 is 2.59 bits per heavy atom. The van der Waals surface area contributed by atoms with Crippen LogP contribution in [0.2, 0.25) is 0 Å². The van der Waals surface area contributed by atoms with E-state index in [1.807, 2.05) is 18.3 Å². The molecule has 4 rings (SSSR count). The molecule has 0 bridgehead atoms. The SMILES string of the molecule is Cc1ccccc1CN1CCC2(CC1)CN(C(=O)CCc1cccnc1)C2. The smallest absolute Gasteiger partial charge is 0.222 e. The number of carbonyl (C=O) groups is 1. The molecule has 0 saturated carbocycles. The number of hydrogen-bond acceptors (Lipinski definition) is 3. The zero-order valence-electron chi connectivity index (χ0n) is 16.2. The van der Waals surface area contributed by atoms with Crippen molar-refractivity contribution in [2.24, 2.45) is 5.41 Å². The average Bonchev–Trinajstić information content (AvgIpc) is 2.68. The number of carbonyl (C=O) groups excluding carboxylic acids is 1. The Kier molecular flexibility index (Phi) is 5.26. The van der Waals surface area contributed by atoms with E-state index in [0.717, 1.165) is 44.7 Å². The molecule has 1 spiro atoms. The first kappa shape index (κ1) is 18.2. The van der Waals surface area contributed by atoms with Crippen molar-refractivity contribution in [3.8, 4) is 0 Å². The Morgan fingerprint density at radius 2 is 1.89 bits per heavy atom. The summed E-state index contributed by atoms with van der Waals surface area (Å²) < 4.78 is 0. The highest BCUT2D eigenvalue weighted by Gasteiger charge is 2.46. The van der Waals surface area contributed by atoms with Gasteiger partial charge in [-0.3, -0.25) is 14.7 Å². The fraction of sp³-hybridized carbons (Fsp3) is 0.478. The van der Waals surface area contributed by atoms with Crippen molar-refractivity contribution in [3.05, 3.63) is 65.5 Å². The maximum atomic E-state index is 12.5. The normalized spacial score (nSPS) is 19.1. The van der Waals surface area contributed by atoms with Gasteiger partial charge in [0.2, 0.25) is 5.91 Å². The Balaban J connectivity index is 1.21. The number of rotatable bonds is 5. The van der Waals surface area contributed by atoms with Gasteiger partial charge in [0.25, 0.3) is 0 Å². The zero-order valence-corrected chi connectivity index (χ0v) is 16.2. The molecule has 3 heterocycles. The molecule has 2 fully saturated rings. The van der Waals surface area contributed by atoms with Crippen LogP contribution in [0.3, 0.4) is 0 Å². The van der Waals surface area contributed by atoms with Gasteiger partial charge in [-0.25, -0.2) is 0 Å². The third kappa shape index (κ3) is 4.22. The minimum atomic E-state index is 0.298. The van der Waals surface area contributed by atoms with E-state index >= 15 is 0 Å². The molecule has 0 atom stereocenters. The fourth-order valence-electron chi connectivity index (χ4n) is 4.43. The fourth-order valence-corrected chi connectivity index (χ4v) is 4.43. The summed E-state index contributed by atoms with van der Waals surface area (Å²) >= 11 is 0. The Hall–Kier alpha value is -2.20. The lowest BCUT2D eigenvalue weighted by atomic mass is 9.71. The first-order valence-electron chi connectivity index (χ1n) is 10.1. The molecule has 1 amide bonds. The predicted octanol–water partition coefficient (Wildman–Crippen LogP) is 3.45. The molecule has 1 aromatic heterocycles. The van der Waals surface area contributed by atoms with Gasteiger partial charge in [-0.2, -0.15) is 0 Å². The standard InChI is InChI=1S/C23H29N3O/c1-19-5-2-3-7-21(19)16-25-13-10-23(11-14-25)17-26(18-23)22(27)9-8-20-6-4-12-24-15-20/h2-7,12,15H,8-11,13-14,16-18H2,1H3. The van der Waals surface area contributed by atoms with E-state index in [2.05, 4.69) is 46.0 Å². The molecule has 2 aliphatic heterocycles. The van der Waals surface area contributed by atoms with Crippen LogP contribution in [0.25, 0.3) is 0 Å². The molecule has 4 heteroatoms. The van der Waals surface area contributed by atoms with Crippen LogP contribution in [0.5, 0.6) is 0 Å². The second kappa shape index (κ2) is 7.81. The summed E-state index contributed by atoms with van der Waals surface area (Å²) in [6.07, 6.45) is 7.45. The number of likely N-dealkylation sites (tertiary alicyclic amines) is 2. The van der Waals surface area contributed by atoms with Crippen LogP contribution < -0.4 is 0 Å². The molecule has 27 heavy (non-hydrogen) atoms. The van der Waals surface area contributed by atoms with Gasteiger partial charge in [0.15, 0.2) is 0 Å². The third-order valence-electron chi connectivity index (χ3n) is 6.33. The molecule has 2 saturated heterocycles. The topological polar surface area (TPSA) is 36.4 Å². The first-order valence-corrected chi connectivity index (χ1v) is 10.1. The van der Waals surface area contributed by atoms with Crippen molar-refractivity contribution in [2.45, 2.75) is 39.2 Å². The van der Waals surface area contributed by atoms with Gasteiger partial charge < -0.3 is 4.90 Å². The second-order valence-corrected chi connectivity index (χ2v) is 8.31. The van der Waals surface area contributed by atoms with Crippen LogP contribution in [-0.4, -0.2) is 46.9 Å². The highest BCUT2D eigenvalue weighted by atomic mass is 16.2. The summed E-state index contributed by atoms with van der Waals surface area (Å²) in [5.74, 6) is 0.298. The van der Waals surface area contributed by atoms with Crippen LogP contribution in [-0.2, 0) is 17.8 Å². The Labute approximate surface area is 162 Å². The lowest BCUT2D eigenvalue weighted by Crippen LogP contribution is -2.61. The number of aryl methyl sites for hydroxylation is 2. The maximum Gasteiger partial charge on any atom is 0.222 e. The Morgan fingerprint density at radius 1 is 1.11 bits per heavy atom. The molecule has 0 unspecified atom stereocenters. The van der Waals surface area contributed by atoms with E-state index in [0.29, 0.717) is 17.7 Å². The summed E-state index contributed by atoms with van der Waals surface area (Å²) in [6.45, 7) is 7.45. The van der Waals surface area contributed by atoms with Gasteiger partial charge in [-0.05, 0) is 62.0 Å². The van der Waals surface area contributed by atoms with Gasteiger partial charge in [0.1, 0.15) is 0 Å². The van der Waals surface area contributed by atoms with E-state index in [4.69, 9.17) is 0 Å². The van der Waals surface area contributed by atoms with Gasteiger partial charge >= 0.3 is 0 Å². The third-order valence-corrected chi connectivity index (χ3v) is 6.33. The van der Waals surface area contributed by atoms with E-state index in [9.17, 15) is 4.79 Å². The van der Waals surface area contributed by atoms with Crippen LogP contribution in [0.15, 0.2) is 48.8 Å². The predicted molar refractivity (Wildman–Crippen MR) is 107 cm³/mol. The zero-order chi connectivity index (χ0) is 18.7. The largest absolute Gasteiger partial charge is 0.341 e. The maximum absolute atomic E-state index is 12.5. The van der Waals surface area contributed by atoms with Gasteiger partial charge in [0.05, 0.1) is 0 Å². The van der Waals surface area contributed by atoms with Gasteiger partial charge in [-0.15, -0.1) is 0 Å². The van der Waals surface area contributed by atoms with E-state index < -0.39 is 0 Å². The molecule has 0 aliphatic carbocycles. The average molecular weight is 364 g/mol. The number of pyridine rings is 1. The van der Waals surface area contributed by atoms with Gasteiger partial charge in [0, 0.05) is 43.9 Å². The van der Waals surface area contributed by atoms with Crippen LogP contribution >= 0.6 is 0 Å². The minimum absolute atomic E-state index is 0.298. The number of hydrogen-bond donors (Lipinski definition) is 0. The number of amides is 1. The lowest BCUT2D eigenvalue weighted by Gasteiger charge is -2.54. The van der Waals surface area contributed by atoms with Crippen molar-refractivity contribution in [3.63, 3.8) is 0 Å². The van der Waals surface area contributed by atoms with Crippen molar-refractivity contribution in [1.29, 1.82) is 0 Å². The molecule has 2 aliphatic rings. The summed E-state index contributed by atoms with van der Waals surface area (Å²) in [4.78, 5) is 21.2. The summed E-state index contributed by atoms with van der Waals surface area (Å²) in [5.41, 5.74) is 4.35. The van der Waals surface area contributed by atoms with E-state index in [-0.39, 0.29) is 0 Å². The van der Waals surface area contributed by atoms with Crippen molar-refractivity contribution in [2.75, 3.05) is 26.2 Å². The number of aromatic nitrogens is 1. The second-order valence-electron chi connectivity index (χ2n) is 8.31.